The Hall–Kier alpha value is -2.82. The van der Waals surface area contributed by atoms with Crippen molar-refractivity contribution in [3.63, 3.8) is 0 Å². The van der Waals surface area contributed by atoms with Gasteiger partial charge >= 0.3 is 5.97 Å². The van der Waals surface area contributed by atoms with Crippen molar-refractivity contribution in [1.82, 2.24) is 4.90 Å². The molecule has 4 rings (SSSR count). The lowest BCUT2D eigenvalue weighted by Crippen LogP contribution is -2.56. The largest absolute Gasteiger partial charge is 0.422 e. The molecular weight excluding hydrogens is 292 g/mol. The molecular formula is C18H16N2O3. The van der Waals surface area contributed by atoms with E-state index in [1.807, 2.05) is 42.5 Å². The van der Waals surface area contributed by atoms with Gasteiger partial charge in [0.25, 0.3) is 5.91 Å². The summed E-state index contributed by atoms with van der Waals surface area (Å²) in [4.78, 5) is 27.0. The second kappa shape index (κ2) is 5.12. The van der Waals surface area contributed by atoms with E-state index in [-0.39, 0.29) is 5.91 Å². The Bertz CT molecular complexity index is 775. The van der Waals surface area contributed by atoms with Gasteiger partial charge in [-0.15, -0.1) is 0 Å². The van der Waals surface area contributed by atoms with Crippen LogP contribution in [0.3, 0.4) is 0 Å². The molecule has 2 aliphatic heterocycles. The van der Waals surface area contributed by atoms with Crippen LogP contribution < -0.4 is 10.1 Å². The third kappa shape index (κ3) is 2.16. The normalized spacial score (nSPS) is 22.7. The van der Waals surface area contributed by atoms with E-state index in [0.29, 0.717) is 30.9 Å². The van der Waals surface area contributed by atoms with Crippen molar-refractivity contribution in [3.05, 3.63) is 60.2 Å². The lowest BCUT2D eigenvalue weighted by molar-refractivity contribution is -0.147. The summed E-state index contributed by atoms with van der Waals surface area (Å²) in [6.45, 7) is 1.02. The van der Waals surface area contributed by atoms with E-state index >= 15 is 0 Å². The number of hydrogen-bond donors (Lipinski definition) is 1. The average Bonchev–Trinajstić information content (AvgIpc) is 2.87. The SMILES string of the molecule is O=C1Oc2ccccc2N[C@@]12CCN(Cc1ccccc1)C2=O. The summed E-state index contributed by atoms with van der Waals surface area (Å²) in [6, 6.07) is 16.9. The lowest BCUT2D eigenvalue weighted by atomic mass is 9.95. The average molecular weight is 308 g/mol. The lowest BCUT2D eigenvalue weighted by Gasteiger charge is -2.32. The second-order valence-corrected chi connectivity index (χ2v) is 5.88. The second-order valence-electron chi connectivity index (χ2n) is 5.88. The number of carbonyl (C=O) groups excluding carboxylic acids is 2. The van der Waals surface area contributed by atoms with E-state index in [1.54, 1.807) is 17.0 Å². The third-order valence-electron chi connectivity index (χ3n) is 4.41. The summed E-state index contributed by atoms with van der Waals surface area (Å²) in [5.74, 6) is -0.268. The highest BCUT2D eigenvalue weighted by molar-refractivity contribution is 6.13. The highest BCUT2D eigenvalue weighted by Crippen LogP contribution is 2.38. The van der Waals surface area contributed by atoms with Crippen molar-refractivity contribution in [1.29, 1.82) is 0 Å². The van der Waals surface area contributed by atoms with Crippen molar-refractivity contribution in [2.75, 3.05) is 11.9 Å². The van der Waals surface area contributed by atoms with E-state index in [1.165, 1.54) is 0 Å². The summed E-state index contributed by atoms with van der Waals surface area (Å²) in [7, 11) is 0. The van der Waals surface area contributed by atoms with Gasteiger partial charge in [-0.2, -0.15) is 0 Å². The van der Waals surface area contributed by atoms with Crippen LogP contribution in [0.4, 0.5) is 5.69 Å². The number of nitrogens with one attached hydrogen (secondary N) is 1. The van der Waals surface area contributed by atoms with Gasteiger partial charge < -0.3 is 15.0 Å². The van der Waals surface area contributed by atoms with E-state index in [4.69, 9.17) is 4.74 Å². The molecule has 1 fully saturated rings. The van der Waals surface area contributed by atoms with Crippen LogP contribution in [0.1, 0.15) is 12.0 Å². The van der Waals surface area contributed by atoms with Gasteiger partial charge in [0.1, 0.15) is 0 Å². The molecule has 116 valence electrons. The third-order valence-corrected chi connectivity index (χ3v) is 4.41. The number of rotatable bonds is 2. The van der Waals surface area contributed by atoms with Crippen LogP contribution in [0.15, 0.2) is 54.6 Å². The van der Waals surface area contributed by atoms with E-state index in [9.17, 15) is 9.59 Å². The Kier molecular flexibility index (Phi) is 3.08. The minimum Gasteiger partial charge on any atom is -0.422 e. The maximum atomic E-state index is 12.9. The van der Waals surface area contributed by atoms with Crippen molar-refractivity contribution in [3.8, 4) is 5.75 Å². The molecule has 5 heteroatoms. The number of esters is 1. The van der Waals surface area contributed by atoms with Crippen LogP contribution >= 0.6 is 0 Å². The number of para-hydroxylation sites is 2. The first kappa shape index (κ1) is 13.8. The first-order valence-corrected chi connectivity index (χ1v) is 7.62. The number of likely N-dealkylation sites (tertiary alicyclic amines) is 1. The molecule has 1 saturated heterocycles. The number of carbonyl (C=O) groups is 2. The number of hydrogen-bond acceptors (Lipinski definition) is 4. The number of amides is 1. The molecule has 1 atom stereocenters. The van der Waals surface area contributed by atoms with Crippen LogP contribution in [-0.4, -0.2) is 28.9 Å². The van der Waals surface area contributed by atoms with Gasteiger partial charge in [0.05, 0.1) is 5.69 Å². The smallest absolute Gasteiger partial charge is 0.347 e. The molecule has 1 spiro atoms. The number of ether oxygens (including phenoxy) is 1. The molecule has 2 aliphatic rings. The predicted molar refractivity (Wildman–Crippen MR) is 84.9 cm³/mol. The van der Waals surface area contributed by atoms with Crippen molar-refractivity contribution in [2.45, 2.75) is 18.5 Å². The summed E-state index contributed by atoms with van der Waals surface area (Å²) in [5.41, 5.74) is 0.438. The maximum absolute atomic E-state index is 12.9. The topological polar surface area (TPSA) is 58.6 Å². The first-order valence-electron chi connectivity index (χ1n) is 7.62. The van der Waals surface area contributed by atoms with Gasteiger partial charge in [-0.3, -0.25) is 4.79 Å². The van der Waals surface area contributed by atoms with E-state index < -0.39 is 11.5 Å². The fraction of sp³-hybridized carbons (Fsp3) is 0.222. The van der Waals surface area contributed by atoms with Gasteiger partial charge in [0.2, 0.25) is 5.54 Å². The molecule has 2 heterocycles. The zero-order valence-electron chi connectivity index (χ0n) is 12.5. The monoisotopic (exact) mass is 308 g/mol. The molecule has 23 heavy (non-hydrogen) atoms. The Labute approximate surface area is 133 Å². The molecule has 5 nitrogen and oxygen atoms in total. The van der Waals surface area contributed by atoms with Gasteiger partial charge in [-0.1, -0.05) is 42.5 Å². The first-order chi connectivity index (χ1) is 11.2. The summed E-state index contributed by atoms with van der Waals surface area (Å²) in [6.07, 6.45) is 0.409. The fourth-order valence-electron chi connectivity index (χ4n) is 3.17. The Balaban J connectivity index is 1.61. The highest BCUT2D eigenvalue weighted by Gasteiger charge is 2.56. The predicted octanol–water partition coefficient (Wildman–Crippen LogP) is 2.19. The van der Waals surface area contributed by atoms with E-state index in [2.05, 4.69) is 5.32 Å². The number of nitrogens with zero attached hydrogens (tertiary/aromatic N) is 1. The zero-order valence-corrected chi connectivity index (χ0v) is 12.5. The molecule has 0 aromatic heterocycles. The van der Waals surface area contributed by atoms with E-state index in [0.717, 1.165) is 5.56 Å². The number of anilines is 1. The van der Waals surface area contributed by atoms with Crippen molar-refractivity contribution >= 4 is 17.6 Å². The molecule has 0 unspecified atom stereocenters. The number of benzene rings is 2. The highest BCUT2D eigenvalue weighted by atomic mass is 16.5. The van der Waals surface area contributed by atoms with Crippen LogP contribution in [-0.2, 0) is 16.1 Å². The van der Waals surface area contributed by atoms with Gasteiger partial charge in [-0.25, -0.2) is 4.79 Å². The molecule has 2 aromatic rings. The summed E-state index contributed by atoms with van der Waals surface area (Å²) in [5, 5.41) is 3.12. The maximum Gasteiger partial charge on any atom is 0.347 e. The molecule has 0 aliphatic carbocycles. The Morgan fingerprint density at radius 2 is 1.78 bits per heavy atom. The summed E-state index contributed by atoms with van der Waals surface area (Å²) < 4.78 is 5.39. The molecule has 0 radical (unpaired) electrons. The van der Waals surface area contributed by atoms with Gasteiger partial charge in [0.15, 0.2) is 5.75 Å². The Morgan fingerprint density at radius 1 is 1.04 bits per heavy atom. The quantitative estimate of drug-likeness (QED) is 0.525. The van der Waals surface area contributed by atoms with Crippen LogP contribution in [0, 0.1) is 0 Å². The minimum atomic E-state index is -1.29. The van der Waals surface area contributed by atoms with Crippen molar-refractivity contribution in [2.24, 2.45) is 0 Å². The molecule has 1 N–H and O–H groups in total. The molecule has 2 aromatic carbocycles. The van der Waals surface area contributed by atoms with Gasteiger partial charge in [-0.05, 0) is 17.7 Å². The zero-order chi connectivity index (χ0) is 15.9. The van der Waals surface area contributed by atoms with Crippen LogP contribution in [0.5, 0.6) is 5.75 Å². The number of fused-ring (bicyclic) bond motifs is 1. The summed E-state index contributed by atoms with van der Waals surface area (Å²) >= 11 is 0. The van der Waals surface area contributed by atoms with Gasteiger partial charge in [0, 0.05) is 19.5 Å². The molecule has 1 amide bonds. The molecule has 0 bridgehead atoms. The molecule has 0 saturated carbocycles. The van der Waals surface area contributed by atoms with Crippen LogP contribution in [0.2, 0.25) is 0 Å². The minimum absolute atomic E-state index is 0.221. The van der Waals surface area contributed by atoms with Crippen LogP contribution in [0.25, 0.3) is 0 Å². The fourth-order valence-corrected chi connectivity index (χ4v) is 3.17. The van der Waals surface area contributed by atoms with Crippen molar-refractivity contribution < 1.29 is 14.3 Å². The Morgan fingerprint density at radius 3 is 2.61 bits per heavy atom. The standard InChI is InChI=1S/C18H16N2O3/c21-16-18(10-11-20(16)12-13-6-2-1-3-7-13)17(22)23-15-9-5-4-8-14(15)19-18/h1-9,19H,10-12H2/t18-/m1/s1.